The Labute approximate surface area is 107 Å². The van der Waals surface area contributed by atoms with Crippen LogP contribution < -0.4 is 5.32 Å². The topological polar surface area (TPSA) is 76.4 Å². The van der Waals surface area contributed by atoms with Gasteiger partial charge < -0.3 is 15.2 Å². The van der Waals surface area contributed by atoms with E-state index in [1.165, 1.54) is 0 Å². The summed E-state index contributed by atoms with van der Waals surface area (Å²) in [7, 11) is 0. The van der Waals surface area contributed by atoms with E-state index in [-0.39, 0.29) is 6.54 Å². The van der Waals surface area contributed by atoms with Gasteiger partial charge in [-0.2, -0.15) is 5.10 Å². The van der Waals surface area contributed by atoms with Crippen LogP contribution in [-0.2, 0) is 11.3 Å². The van der Waals surface area contributed by atoms with Crippen molar-refractivity contribution in [3.63, 3.8) is 0 Å². The van der Waals surface area contributed by atoms with E-state index < -0.39 is 17.8 Å². The molecule has 1 heterocycles. The number of carbonyl (C=O) groups excluding carboxylic acids is 1. The summed E-state index contributed by atoms with van der Waals surface area (Å²) >= 11 is 0. The summed E-state index contributed by atoms with van der Waals surface area (Å²) in [6, 6.07) is 0. The van der Waals surface area contributed by atoms with E-state index in [0.29, 0.717) is 5.56 Å². The van der Waals surface area contributed by atoms with E-state index >= 15 is 0 Å². The van der Waals surface area contributed by atoms with E-state index in [2.05, 4.69) is 10.4 Å². The fourth-order valence-corrected chi connectivity index (χ4v) is 1.34. The SMILES string of the molecule is CCn1cc(C(O)CNC(=O)OC(C)(C)C)cn1. The van der Waals surface area contributed by atoms with Crippen LogP contribution in [0.2, 0.25) is 0 Å². The minimum Gasteiger partial charge on any atom is -0.444 e. The maximum Gasteiger partial charge on any atom is 0.407 e. The second-order valence-electron chi connectivity index (χ2n) is 5.03. The Morgan fingerprint density at radius 1 is 1.61 bits per heavy atom. The van der Waals surface area contributed by atoms with Crippen LogP contribution in [0.3, 0.4) is 0 Å². The lowest BCUT2D eigenvalue weighted by Gasteiger charge is -2.20. The summed E-state index contributed by atoms with van der Waals surface area (Å²) < 4.78 is 6.78. The Morgan fingerprint density at radius 2 is 2.28 bits per heavy atom. The van der Waals surface area contributed by atoms with Crippen molar-refractivity contribution in [2.24, 2.45) is 0 Å². The van der Waals surface area contributed by atoms with E-state index in [0.717, 1.165) is 6.54 Å². The molecule has 6 heteroatoms. The fraction of sp³-hybridized carbons (Fsp3) is 0.667. The summed E-state index contributed by atoms with van der Waals surface area (Å²) in [6.07, 6.45) is 2.02. The quantitative estimate of drug-likeness (QED) is 0.854. The van der Waals surface area contributed by atoms with Crippen molar-refractivity contribution < 1.29 is 14.6 Å². The summed E-state index contributed by atoms with van der Waals surface area (Å²) in [6.45, 7) is 8.16. The maximum atomic E-state index is 11.4. The van der Waals surface area contributed by atoms with Crippen LogP contribution in [0.5, 0.6) is 0 Å². The molecule has 0 bridgehead atoms. The molecular formula is C12H21N3O3. The molecule has 0 aliphatic carbocycles. The fourth-order valence-electron chi connectivity index (χ4n) is 1.34. The molecule has 1 aromatic rings. The molecular weight excluding hydrogens is 234 g/mol. The summed E-state index contributed by atoms with van der Waals surface area (Å²) in [5.74, 6) is 0. The summed E-state index contributed by atoms with van der Waals surface area (Å²) in [5.41, 5.74) is 0.134. The van der Waals surface area contributed by atoms with Gasteiger partial charge in [0.15, 0.2) is 0 Å². The Balaban J connectivity index is 2.41. The third-order valence-corrected chi connectivity index (χ3v) is 2.20. The highest BCUT2D eigenvalue weighted by atomic mass is 16.6. The normalized spacial score (nSPS) is 13.2. The van der Waals surface area contributed by atoms with E-state index in [1.807, 2.05) is 6.92 Å². The first-order chi connectivity index (χ1) is 8.31. The summed E-state index contributed by atoms with van der Waals surface area (Å²) in [4.78, 5) is 11.4. The van der Waals surface area contributed by atoms with Crippen LogP contribution in [0.4, 0.5) is 4.79 Å². The number of rotatable bonds is 4. The van der Waals surface area contributed by atoms with Gasteiger partial charge in [0.1, 0.15) is 5.60 Å². The minimum absolute atomic E-state index is 0.102. The molecule has 18 heavy (non-hydrogen) atoms. The van der Waals surface area contributed by atoms with Crippen molar-refractivity contribution in [1.29, 1.82) is 0 Å². The molecule has 0 aliphatic heterocycles. The maximum absolute atomic E-state index is 11.4. The number of carbonyl (C=O) groups is 1. The van der Waals surface area contributed by atoms with Crippen molar-refractivity contribution >= 4 is 6.09 Å². The second kappa shape index (κ2) is 5.86. The number of amides is 1. The molecule has 0 aromatic carbocycles. The number of ether oxygens (including phenoxy) is 1. The Morgan fingerprint density at radius 3 is 2.78 bits per heavy atom. The van der Waals surface area contributed by atoms with Crippen molar-refractivity contribution in [1.82, 2.24) is 15.1 Å². The molecule has 0 aliphatic rings. The average molecular weight is 255 g/mol. The van der Waals surface area contributed by atoms with E-state index in [4.69, 9.17) is 4.74 Å². The van der Waals surface area contributed by atoms with E-state index in [9.17, 15) is 9.90 Å². The molecule has 102 valence electrons. The van der Waals surface area contributed by atoms with Crippen molar-refractivity contribution in [2.75, 3.05) is 6.54 Å². The number of aromatic nitrogens is 2. The van der Waals surface area contributed by atoms with Crippen LogP contribution >= 0.6 is 0 Å². The molecule has 2 N–H and O–H groups in total. The van der Waals surface area contributed by atoms with E-state index in [1.54, 1.807) is 37.8 Å². The highest BCUT2D eigenvalue weighted by molar-refractivity contribution is 5.67. The minimum atomic E-state index is -0.780. The van der Waals surface area contributed by atoms with Crippen LogP contribution in [0, 0.1) is 0 Å². The zero-order valence-corrected chi connectivity index (χ0v) is 11.3. The van der Waals surface area contributed by atoms with Crippen molar-refractivity contribution in [2.45, 2.75) is 45.9 Å². The molecule has 1 unspecified atom stereocenters. The van der Waals surface area contributed by atoms with Crippen LogP contribution in [0.25, 0.3) is 0 Å². The van der Waals surface area contributed by atoms with Crippen molar-refractivity contribution in [3.05, 3.63) is 18.0 Å². The van der Waals surface area contributed by atoms with Gasteiger partial charge in [-0.3, -0.25) is 4.68 Å². The number of nitrogens with one attached hydrogen (secondary N) is 1. The highest BCUT2D eigenvalue weighted by Crippen LogP contribution is 2.11. The van der Waals surface area contributed by atoms with Gasteiger partial charge in [0.25, 0.3) is 0 Å². The van der Waals surface area contributed by atoms with Gasteiger partial charge in [-0.15, -0.1) is 0 Å². The molecule has 6 nitrogen and oxygen atoms in total. The first kappa shape index (κ1) is 14.5. The first-order valence-corrected chi connectivity index (χ1v) is 5.99. The largest absolute Gasteiger partial charge is 0.444 e. The number of nitrogens with zero attached hydrogens (tertiary/aromatic N) is 2. The molecule has 0 saturated carbocycles. The second-order valence-corrected chi connectivity index (χ2v) is 5.03. The van der Waals surface area contributed by atoms with Gasteiger partial charge in [0.05, 0.1) is 18.8 Å². The smallest absolute Gasteiger partial charge is 0.407 e. The van der Waals surface area contributed by atoms with Gasteiger partial charge in [0, 0.05) is 18.3 Å². The number of hydrogen-bond acceptors (Lipinski definition) is 4. The zero-order chi connectivity index (χ0) is 13.8. The highest BCUT2D eigenvalue weighted by Gasteiger charge is 2.17. The number of aliphatic hydroxyl groups excluding tert-OH is 1. The third-order valence-electron chi connectivity index (χ3n) is 2.20. The van der Waals surface area contributed by atoms with Gasteiger partial charge in [-0.05, 0) is 27.7 Å². The Hall–Kier alpha value is -1.56. The lowest BCUT2D eigenvalue weighted by Crippen LogP contribution is -2.34. The zero-order valence-electron chi connectivity index (χ0n) is 11.3. The Kier molecular flexibility index (Phi) is 4.72. The third kappa shape index (κ3) is 4.75. The lowest BCUT2D eigenvalue weighted by molar-refractivity contribution is 0.0492. The molecule has 1 rings (SSSR count). The number of aryl methyl sites for hydroxylation is 1. The molecule has 1 amide bonds. The molecule has 0 fully saturated rings. The van der Waals surface area contributed by atoms with Crippen molar-refractivity contribution in [3.8, 4) is 0 Å². The van der Waals surface area contributed by atoms with Crippen LogP contribution in [0.1, 0.15) is 39.4 Å². The standard InChI is InChI=1S/C12H21N3O3/c1-5-15-8-9(6-14-15)10(16)7-13-11(17)18-12(2,3)4/h6,8,10,16H,5,7H2,1-4H3,(H,13,17). The number of aliphatic hydroxyl groups is 1. The first-order valence-electron chi connectivity index (χ1n) is 5.99. The Bertz CT molecular complexity index is 396. The van der Waals surface area contributed by atoms with Gasteiger partial charge in [0.2, 0.25) is 0 Å². The molecule has 0 spiro atoms. The lowest BCUT2D eigenvalue weighted by atomic mass is 10.2. The van der Waals surface area contributed by atoms with Crippen LogP contribution in [-0.4, -0.2) is 33.1 Å². The predicted molar refractivity (Wildman–Crippen MR) is 67.1 cm³/mol. The molecule has 0 saturated heterocycles. The molecule has 1 atom stereocenters. The number of alkyl carbamates (subject to hydrolysis) is 1. The van der Waals surface area contributed by atoms with Gasteiger partial charge in [-0.1, -0.05) is 0 Å². The van der Waals surface area contributed by atoms with Crippen LogP contribution in [0.15, 0.2) is 12.4 Å². The predicted octanol–water partition coefficient (Wildman–Crippen LogP) is 1.46. The molecule has 1 aromatic heterocycles. The number of hydrogen-bond donors (Lipinski definition) is 2. The van der Waals surface area contributed by atoms with Gasteiger partial charge >= 0.3 is 6.09 Å². The van der Waals surface area contributed by atoms with Gasteiger partial charge in [-0.25, -0.2) is 4.79 Å². The molecule has 0 radical (unpaired) electrons. The average Bonchev–Trinajstić information content (AvgIpc) is 2.72. The summed E-state index contributed by atoms with van der Waals surface area (Å²) in [5, 5.41) is 16.4. The monoisotopic (exact) mass is 255 g/mol.